The maximum Gasteiger partial charge on any atom is 0.338 e. The standard InChI is InChI=1S/C11H15NO3/c1-3-4-7-15-11(14)9-5-6-12(2)10(13)8-9/h5-6,8H,3-4,7H2,1-2H3. The number of carbonyl (C=O) groups excluding carboxylic acids is 1. The molecule has 1 heterocycles. The Hall–Kier alpha value is -1.58. The van der Waals surface area contributed by atoms with E-state index >= 15 is 0 Å². The number of hydrogen-bond donors (Lipinski definition) is 0. The molecule has 0 saturated carbocycles. The maximum atomic E-state index is 11.4. The first-order valence-corrected chi connectivity index (χ1v) is 4.99. The lowest BCUT2D eigenvalue weighted by atomic mass is 10.3. The van der Waals surface area contributed by atoms with Crippen LogP contribution in [-0.4, -0.2) is 17.1 Å². The van der Waals surface area contributed by atoms with Crippen LogP contribution in [0.4, 0.5) is 0 Å². The third-order valence-electron chi connectivity index (χ3n) is 2.07. The molecule has 0 saturated heterocycles. The number of ether oxygens (including phenoxy) is 1. The predicted octanol–water partition coefficient (Wildman–Crippen LogP) is 1.34. The van der Waals surface area contributed by atoms with Crippen molar-refractivity contribution in [1.29, 1.82) is 0 Å². The lowest BCUT2D eigenvalue weighted by Gasteiger charge is -2.03. The van der Waals surface area contributed by atoms with Gasteiger partial charge in [0.1, 0.15) is 0 Å². The van der Waals surface area contributed by atoms with Crippen molar-refractivity contribution in [3.63, 3.8) is 0 Å². The van der Waals surface area contributed by atoms with Crippen LogP contribution in [0, 0.1) is 0 Å². The molecule has 4 nitrogen and oxygen atoms in total. The summed E-state index contributed by atoms with van der Waals surface area (Å²) in [5.41, 5.74) is 0.106. The number of unbranched alkanes of at least 4 members (excludes halogenated alkanes) is 1. The van der Waals surface area contributed by atoms with Gasteiger partial charge in [0.05, 0.1) is 12.2 Å². The molecular weight excluding hydrogens is 194 g/mol. The second-order valence-corrected chi connectivity index (χ2v) is 3.35. The first-order valence-electron chi connectivity index (χ1n) is 4.99. The van der Waals surface area contributed by atoms with Crippen molar-refractivity contribution in [2.75, 3.05) is 6.61 Å². The highest BCUT2D eigenvalue weighted by atomic mass is 16.5. The molecule has 0 aliphatic rings. The average molecular weight is 209 g/mol. The van der Waals surface area contributed by atoms with Gasteiger partial charge in [-0.05, 0) is 12.5 Å². The minimum absolute atomic E-state index is 0.208. The minimum atomic E-state index is -0.429. The van der Waals surface area contributed by atoms with Crippen molar-refractivity contribution in [2.45, 2.75) is 19.8 Å². The van der Waals surface area contributed by atoms with Crippen LogP contribution in [-0.2, 0) is 11.8 Å². The van der Waals surface area contributed by atoms with Gasteiger partial charge in [-0.3, -0.25) is 4.79 Å². The molecule has 0 spiro atoms. The van der Waals surface area contributed by atoms with Gasteiger partial charge < -0.3 is 9.30 Å². The summed E-state index contributed by atoms with van der Waals surface area (Å²) < 4.78 is 6.38. The molecule has 0 aliphatic heterocycles. The van der Waals surface area contributed by atoms with E-state index in [2.05, 4.69) is 0 Å². The number of nitrogens with zero attached hydrogens (tertiary/aromatic N) is 1. The molecule has 1 rings (SSSR count). The summed E-state index contributed by atoms with van der Waals surface area (Å²) in [6.07, 6.45) is 3.37. The lowest BCUT2D eigenvalue weighted by Crippen LogP contribution is -2.18. The zero-order chi connectivity index (χ0) is 11.3. The molecule has 1 aromatic rings. The van der Waals surface area contributed by atoms with Gasteiger partial charge in [0.25, 0.3) is 5.56 Å². The van der Waals surface area contributed by atoms with Crippen molar-refractivity contribution in [2.24, 2.45) is 7.05 Å². The van der Waals surface area contributed by atoms with Crippen molar-refractivity contribution in [3.8, 4) is 0 Å². The minimum Gasteiger partial charge on any atom is -0.462 e. The third-order valence-corrected chi connectivity index (χ3v) is 2.07. The summed E-state index contributed by atoms with van der Waals surface area (Å²) in [7, 11) is 1.63. The molecule has 0 aliphatic carbocycles. The van der Waals surface area contributed by atoms with E-state index < -0.39 is 5.97 Å². The Bertz CT molecular complexity index is 395. The Morgan fingerprint density at radius 3 is 2.87 bits per heavy atom. The lowest BCUT2D eigenvalue weighted by molar-refractivity contribution is 0.0499. The second-order valence-electron chi connectivity index (χ2n) is 3.35. The maximum absolute atomic E-state index is 11.4. The molecule has 0 atom stereocenters. The van der Waals surface area contributed by atoms with Crippen molar-refractivity contribution < 1.29 is 9.53 Å². The Morgan fingerprint density at radius 1 is 1.53 bits per heavy atom. The zero-order valence-corrected chi connectivity index (χ0v) is 9.03. The normalized spacial score (nSPS) is 10.0. The monoisotopic (exact) mass is 209 g/mol. The van der Waals surface area contributed by atoms with Crippen LogP contribution in [0.25, 0.3) is 0 Å². The molecule has 82 valence electrons. The summed E-state index contributed by atoms with van der Waals surface area (Å²) in [5.74, 6) is -0.429. The van der Waals surface area contributed by atoms with Gasteiger partial charge in [0.2, 0.25) is 0 Å². The Kier molecular flexibility index (Phi) is 4.09. The highest BCUT2D eigenvalue weighted by Crippen LogP contribution is 1.99. The zero-order valence-electron chi connectivity index (χ0n) is 9.03. The van der Waals surface area contributed by atoms with E-state index in [9.17, 15) is 9.59 Å². The molecule has 0 amide bonds. The van der Waals surface area contributed by atoms with E-state index in [1.807, 2.05) is 6.92 Å². The van der Waals surface area contributed by atoms with Gasteiger partial charge >= 0.3 is 5.97 Å². The summed E-state index contributed by atoms with van der Waals surface area (Å²) in [4.78, 5) is 22.6. The number of rotatable bonds is 4. The molecule has 4 heteroatoms. The second kappa shape index (κ2) is 5.34. The molecule has 0 N–H and O–H groups in total. The van der Waals surface area contributed by atoms with Crippen molar-refractivity contribution in [1.82, 2.24) is 4.57 Å². The van der Waals surface area contributed by atoms with Gasteiger partial charge in [0, 0.05) is 19.3 Å². The first kappa shape index (κ1) is 11.5. The van der Waals surface area contributed by atoms with Gasteiger partial charge in [-0.25, -0.2) is 4.79 Å². The number of hydrogen-bond acceptors (Lipinski definition) is 3. The summed E-state index contributed by atoms with van der Waals surface area (Å²) in [6, 6.07) is 2.87. The molecule has 15 heavy (non-hydrogen) atoms. The summed E-state index contributed by atoms with van der Waals surface area (Å²) in [5, 5.41) is 0. The Morgan fingerprint density at radius 2 is 2.27 bits per heavy atom. The number of esters is 1. The summed E-state index contributed by atoms with van der Waals surface area (Å²) in [6.45, 7) is 2.43. The van der Waals surface area contributed by atoms with Crippen LogP contribution in [0.2, 0.25) is 0 Å². The van der Waals surface area contributed by atoms with Crippen LogP contribution in [0.1, 0.15) is 30.1 Å². The molecule has 0 radical (unpaired) electrons. The molecule has 1 aromatic heterocycles. The van der Waals surface area contributed by atoms with E-state index in [1.165, 1.54) is 10.6 Å². The number of pyridine rings is 1. The van der Waals surface area contributed by atoms with E-state index in [0.29, 0.717) is 12.2 Å². The fourth-order valence-corrected chi connectivity index (χ4v) is 1.07. The van der Waals surface area contributed by atoms with E-state index in [-0.39, 0.29) is 5.56 Å². The predicted molar refractivity (Wildman–Crippen MR) is 56.9 cm³/mol. The van der Waals surface area contributed by atoms with Crippen LogP contribution in [0.15, 0.2) is 23.1 Å². The highest BCUT2D eigenvalue weighted by Gasteiger charge is 2.07. The van der Waals surface area contributed by atoms with Gasteiger partial charge in [-0.15, -0.1) is 0 Å². The van der Waals surface area contributed by atoms with E-state index in [4.69, 9.17) is 4.74 Å². The van der Waals surface area contributed by atoms with Gasteiger partial charge in [0.15, 0.2) is 0 Å². The molecule has 0 bridgehead atoms. The fraction of sp³-hybridized carbons (Fsp3) is 0.455. The highest BCUT2D eigenvalue weighted by molar-refractivity contribution is 5.89. The van der Waals surface area contributed by atoms with Crippen LogP contribution in [0.5, 0.6) is 0 Å². The SMILES string of the molecule is CCCCOC(=O)c1ccn(C)c(=O)c1. The topological polar surface area (TPSA) is 48.3 Å². The Balaban J connectivity index is 2.66. The molecule has 0 aromatic carbocycles. The van der Waals surface area contributed by atoms with Gasteiger partial charge in [-0.2, -0.15) is 0 Å². The third kappa shape index (κ3) is 3.23. The Labute approximate surface area is 88.5 Å². The number of aryl methyl sites for hydroxylation is 1. The average Bonchev–Trinajstić information content (AvgIpc) is 2.22. The van der Waals surface area contributed by atoms with Crippen LogP contribution >= 0.6 is 0 Å². The molecule has 0 unspecified atom stereocenters. The van der Waals surface area contributed by atoms with Crippen LogP contribution in [0.3, 0.4) is 0 Å². The quantitative estimate of drug-likeness (QED) is 0.555. The van der Waals surface area contributed by atoms with E-state index in [1.54, 1.807) is 19.3 Å². The molecular formula is C11H15NO3. The largest absolute Gasteiger partial charge is 0.462 e. The summed E-state index contributed by atoms with van der Waals surface area (Å²) >= 11 is 0. The van der Waals surface area contributed by atoms with Crippen molar-refractivity contribution >= 4 is 5.97 Å². The number of carbonyl (C=O) groups is 1. The van der Waals surface area contributed by atoms with E-state index in [0.717, 1.165) is 12.8 Å². The number of aromatic nitrogens is 1. The first-order chi connectivity index (χ1) is 7.15. The van der Waals surface area contributed by atoms with Gasteiger partial charge in [-0.1, -0.05) is 13.3 Å². The van der Waals surface area contributed by atoms with Crippen molar-refractivity contribution in [3.05, 3.63) is 34.2 Å². The van der Waals surface area contributed by atoms with Crippen LogP contribution < -0.4 is 5.56 Å². The fourth-order valence-electron chi connectivity index (χ4n) is 1.07. The smallest absolute Gasteiger partial charge is 0.338 e. The molecule has 0 fully saturated rings.